The standard InChI is InChI=1S/C17H17F4N3O2S/c1-9(10-4-5-14(11(18)7-10)27-17(19,20)21)6-13(25)12-8-15(26)23-16(22-12)24(2)3/h4-5,7-9H,6H2,1-3H3,(H,22,23,26)/t9-/m0/s1. The predicted octanol–water partition coefficient (Wildman–Crippen LogP) is 3.96. The Balaban J connectivity index is 2.17. The fourth-order valence-corrected chi connectivity index (χ4v) is 2.87. The van der Waals surface area contributed by atoms with Crippen molar-refractivity contribution in [3.63, 3.8) is 0 Å². The molecular formula is C17H17F4N3O2S. The van der Waals surface area contributed by atoms with E-state index in [4.69, 9.17) is 0 Å². The molecular weight excluding hydrogens is 386 g/mol. The van der Waals surface area contributed by atoms with E-state index >= 15 is 0 Å². The number of carbonyl (C=O) groups is 1. The van der Waals surface area contributed by atoms with Gasteiger partial charge < -0.3 is 4.90 Å². The lowest BCUT2D eigenvalue weighted by atomic mass is 9.94. The normalized spacial score (nSPS) is 12.7. The van der Waals surface area contributed by atoms with Crippen molar-refractivity contribution in [2.24, 2.45) is 0 Å². The number of ketones is 1. The number of rotatable bonds is 6. The van der Waals surface area contributed by atoms with Gasteiger partial charge in [-0.15, -0.1) is 0 Å². The van der Waals surface area contributed by atoms with Gasteiger partial charge >= 0.3 is 5.51 Å². The Morgan fingerprint density at radius 2 is 1.96 bits per heavy atom. The lowest BCUT2D eigenvalue weighted by Gasteiger charge is -2.14. The van der Waals surface area contributed by atoms with Crippen molar-refractivity contribution in [3.8, 4) is 0 Å². The van der Waals surface area contributed by atoms with Crippen LogP contribution in [0.25, 0.3) is 0 Å². The SMILES string of the molecule is C[C@@H](CC(=O)c1cc(=O)[nH]c(N(C)C)n1)c1ccc(SC(F)(F)F)c(F)c1. The molecule has 1 aromatic heterocycles. The highest BCUT2D eigenvalue weighted by Gasteiger charge is 2.31. The summed E-state index contributed by atoms with van der Waals surface area (Å²) in [4.78, 5) is 31.6. The number of benzene rings is 1. The first kappa shape index (κ1) is 20.9. The molecule has 0 saturated heterocycles. The number of anilines is 1. The molecule has 146 valence electrons. The topological polar surface area (TPSA) is 66.1 Å². The molecule has 0 spiro atoms. The third-order valence-corrected chi connectivity index (χ3v) is 4.46. The van der Waals surface area contributed by atoms with Crippen LogP contribution in [0.15, 0.2) is 34.0 Å². The van der Waals surface area contributed by atoms with Crippen LogP contribution in [0.3, 0.4) is 0 Å². The van der Waals surface area contributed by atoms with E-state index in [-0.39, 0.29) is 18.1 Å². The summed E-state index contributed by atoms with van der Waals surface area (Å²) in [6.45, 7) is 1.64. The lowest BCUT2D eigenvalue weighted by molar-refractivity contribution is -0.0329. The lowest BCUT2D eigenvalue weighted by Crippen LogP contribution is -2.21. The van der Waals surface area contributed by atoms with Gasteiger partial charge in [-0.2, -0.15) is 13.2 Å². The number of aromatic amines is 1. The summed E-state index contributed by atoms with van der Waals surface area (Å²) in [5.41, 5.74) is -4.71. The first-order valence-electron chi connectivity index (χ1n) is 7.83. The fourth-order valence-electron chi connectivity index (χ4n) is 2.33. The second-order valence-electron chi connectivity index (χ2n) is 6.11. The van der Waals surface area contributed by atoms with Crippen LogP contribution < -0.4 is 10.5 Å². The molecule has 1 atom stereocenters. The number of thioether (sulfide) groups is 1. The van der Waals surface area contributed by atoms with E-state index in [0.717, 1.165) is 18.2 Å². The van der Waals surface area contributed by atoms with Gasteiger partial charge in [-0.1, -0.05) is 13.0 Å². The summed E-state index contributed by atoms with van der Waals surface area (Å²) in [5.74, 6) is -1.68. The number of Topliss-reactive ketones (excluding diaryl/α,β-unsaturated/α-hetero) is 1. The fraction of sp³-hybridized carbons (Fsp3) is 0.353. The maximum Gasteiger partial charge on any atom is 0.446 e. The van der Waals surface area contributed by atoms with Gasteiger partial charge in [0.25, 0.3) is 5.56 Å². The van der Waals surface area contributed by atoms with Crippen molar-refractivity contribution in [3.05, 3.63) is 51.7 Å². The number of hydrogen-bond donors (Lipinski definition) is 1. The van der Waals surface area contributed by atoms with Crippen LogP contribution in [-0.2, 0) is 0 Å². The molecule has 1 aromatic carbocycles. The van der Waals surface area contributed by atoms with Gasteiger partial charge in [0.1, 0.15) is 11.5 Å². The quantitative estimate of drug-likeness (QED) is 0.449. The first-order valence-corrected chi connectivity index (χ1v) is 8.65. The summed E-state index contributed by atoms with van der Waals surface area (Å²) in [7, 11) is 3.30. The molecule has 0 fully saturated rings. The molecule has 0 unspecified atom stereocenters. The Kier molecular flexibility index (Phi) is 6.30. The molecule has 10 heteroatoms. The molecule has 1 N–H and O–H groups in total. The van der Waals surface area contributed by atoms with Gasteiger partial charge in [0.2, 0.25) is 5.95 Å². The number of halogens is 4. The van der Waals surface area contributed by atoms with Crippen molar-refractivity contribution in [2.45, 2.75) is 29.7 Å². The third-order valence-electron chi connectivity index (χ3n) is 3.68. The highest BCUT2D eigenvalue weighted by atomic mass is 32.2. The van der Waals surface area contributed by atoms with Crippen LogP contribution in [0, 0.1) is 5.82 Å². The monoisotopic (exact) mass is 403 g/mol. The van der Waals surface area contributed by atoms with Crippen molar-refractivity contribution in [2.75, 3.05) is 19.0 Å². The van der Waals surface area contributed by atoms with Gasteiger partial charge in [-0.25, -0.2) is 9.37 Å². The molecule has 0 bridgehead atoms. The molecule has 0 aliphatic rings. The zero-order valence-electron chi connectivity index (χ0n) is 14.7. The minimum absolute atomic E-state index is 0.0287. The highest BCUT2D eigenvalue weighted by Crippen LogP contribution is 2.38. The second kappa shape index (κ2) is 8.12. The molecule has 5 nitrogen and oxygen atoms in total. The number of aromatic nitrogens is 2. The molecule has 0 aliphatic carbocycles. The maximum atomic E-state index is 13.9. The van der Waals surface area contributed by atoms with Crippen LogP contribution >= 0.6 is 11.8 Å². The average molecular weight is 403 g/mol. The zero-order chi connectivity index (χ0) is 20.4. The van der Waals surface area contributed by atoms with E-state index < -0.39 is 45.2 Å². The van der Waals surface area contributed by atoms with Crippen molar-refractivity contribution >= 4 is 23.5 Å². The van der Waals surface area contributed by atoms with E-state index in [0.29, 0.717) is 5.56 Å². The summed E-state index contributed by atoms with van der Waals surface area (Å²) in [6, 6.07) is 4.46. The summed E-state index contributed by atoms with van der Waals surface area (Å²) >= 11 is -0.530. The number of nitrogens with zero attached hydrogens (tertiary/aromatic N) is 2. The Hall–Kier alpha value is -2.36. The number of nitrogens with one attached hydrogen (secondary N) is 1. The average Bonchev–Trinajstić information content (AvgIpc) is 2.54. The largest absolute Gasteiger partial charge is 0.446 e. The summed E-state index contributed by atoms with van der Waals surface area (Å²) < 4.78 is 51.1. The highest BCUT2D eigenvalue weighted by molar-refractivity contribution is 8.00. The van der Waals surface area contributed by atoms with Crippen LogP contribution in [0.2, 0.25) is 0 Å². The molecule has 0 aliphatic heterocycles. The van der Waals surface area contributed by atoms with Crippen LogP contribution in [0.5, 0.6) is 0 Å². The Morgan fingerprint density at radius 1 is 1.30 bits per heavy atom. The zero-order valence-corrected chi connectivity index (χ0v) is 15.5. The molecule has 27 heavy (non-hydrogen) atoms. The molecule has 0 radical (unpaired) electrons. The van der Waals surface area contributed by atoms with Gasteiger partial charge in [0.05, 0.1) is 4.90 Å². The molecule has 2 rings (SSSR count). The minimum Gasteiger partial charge on any atom is -0.348 e. The maximum absolute atomic E-state index is 13.9. The summed E-state index contributed by atoms with van der Waals surface area (Å²) in [5, 5.41) is 0. The Labute approximate surface area is 156 Å². The molecule has 0 amide bonds. The number of alkyl halides is 3. The summed E-state index contributed by atoms with van der Waals surface area (Å²) in [6.07, 6.45) is -0.0749. The van der Waals surface area contributed by atoms with E-state index in [1.54, 1.807) is 21.0 Å². The minimum atomic E-state index is -4.58. The second-order valence-corrected chi connectivity index (χ2v) is 7.22. The van der Waals surface area contributed by atoms with E-state index in [1.165, 1.54) is 11.0 Å². The van der Waals surface area contributed by atoms with Gasteiger partial charge in [0, 0.05) is 26.6 Å². The third kappa shape index (κ3) is 5.81. The van der Waals surface area contributed by atoms with Crippen molar-refractivity contribution in [1.29, 1.82) is 0 Å². The Morgan fingerprint density at radius 3 is 2.52 bits per heavy atom. The number of H-pyrrole nitrogens is 1. The van der Waals surface area contributed by atoms with Crippen molar-refractivity contribution < 1.29 is 22.4 Å². The molecule has 2 aromatic rings. The van der Waals surface area contributed by atoms with E-state index in [1.807, 2.05) is 0 Å². The number of hydrogen-bond acceptors (Lipinski definition) is 5. The van der Waals surface area contributed by atoms with Gasteiger partial charge in [-0.05, 0) is 35.4 Å². The molecule has 1 heterocycles. The number of carbonyl (C=O) groups excluding carboxylic acids is 1. The van der Waals surface area contributed by atoms with E-state index in [2.05, 4.69) is 9.97 Å². The first-order chi connectivity index (χ1) is 12.5. The van der Waals surface area contributed by atoms with Crippen LogP contribution in [-0.4, -0.2) is 35.4 Å². The van der Waals surface area contributed by atoms with E-state index in [9.17, 15) is 27.2 Å². The smallest absolute Gasteiger partial charge is 0.348 e. The van der Waals surface area contributed by atoms with Gasteiger partial charge in [-0.3, -0.25) is 14.6 Å². The van der Waals surface area contributed by atoms with Crippen molar-refractivity contribution in [1.82, 2.24) is 9.97 Å². The predicted molar refractivity (Wildman–Crippen MR) is 94.9 cm³/mol. The van der Waals surface area contributed by atoms with Crippen LogP contribution in [0.1, 0.15) is 35.3 Å². The van der Waals surface area contributed by atoms with Crippen LogP contribution in [0.4, 0.5) is 23.5 Å². The molecule has 0 saturated carbocycles. The van der Waals surface area contributed by atoms with Gasteiger partial charge in [0.15, 0.2) is 5.78 Å². The Bertz CT molecular complexity index is 896.